The Morgan fingerprint density at radius 1 is 1.47 bits per heavy atom. The van der Waals surface area contributed by atoms with E-state index in [1.807, 2.05) is 0 Å². The Balaban J connectivity index is 2.22. The van der Waals surface area contributed by atoms with Crippen LogP contribution in [-0.4, -0.2) is 37.3 Å². The number of carbonyl (C=O) groups is 1. The lowest BCUT2D eigenvalue weighted by atomic mass is 10.1. The van der Waals surface area contributed by atoms with Crippen LogP contribution in [0.25, 0.3) is 0 Å². The van der Waals surface area contributed by atoms with Crippen LogP contribution in [0.5, 0.6) is 0 Å². The fourth-order valence-corrected chi connectivity index (χ4v) is 2.44. The molecule has 2 atom stereocenters. The Hall–Kier alpha value is -1.82. The molecule has 0 aliphatic heterocycles. The number of methoxy groups -OCH3 is 2. The van der Waals surface area contributed by atoms with E-state index in [0.717, 1.165) is 19.3 Å². The van der Waals surface area contributed by atoms with E-state index in [-0.39, 0.29) is 12.1 Å². The van der Waals surface area contributed by atoms with Crippen LogP contribution in [0.3, 0.4) is 0 Å². The number of esters is 1. The van der Waals surface area contributed by atoms with E-state index in [2.05, 4.69) is 10.3 Å². The zero-order valence-corrected chi connectivity index (χ0v) is 11.2. The second kappa shape index (κ2) is 5.88. The van der Waals surface area contributed by atoms with Gasteiger partial charge in [-0.3, -0.25) is 0 Å². The quantitative estimate of drug-likeness (QED) is 0.801. The lowest BCUT2D eigenvalue weighted by Gasteiger charge is -2.21. The molecule has 1 heterocycles. The molecule has 19 heavy (non-hydrogen) atoms. The maximum atomic E-state index is 11.7. The Labute approximate surface area is 112 Å². The second-order valence-corrected chi connectivity index (χ2v) is 4.60. The third kappa shape index (κ3) is 2.96. The third-order valence-corrected chi connectivity index (χ3v) is 3.43. The van der Waals surface area contributed by atoms with Gasteiger partial charge in [-0.1, -0.05) is 0 Å². The molecule has 0 saturated heterocycles. The van der Waals surface area contributed by atoms with Gasteiger partial charge in [0, 0.05) is 7.11 Å². The van der Waals surface area contributed by atoms with Gasteiger partial charge in [0.05, 0.1) is 36.7 Å². The number of anilines is 2. The van der Waals surface area contributed by atoms with Crippen molar-refractivity contribution < 1.29 is 14.3 Å². The van der Waals surface area contributed by atoms with Crippen LogP contribution in [0.1, 0.15) is 29.6 Å². The van der Waals surface area contributed by atoms with Gasteiger partial charge in [0.15, 0.2) is 0 Å². The minimum absolute atomic E-state index is 0.156. The summed E-state index contributed by atoms with van der Waals surface area (Å²) in [5.41, 5.74) is 6.64. The van der Waals surface area contributed by atoms with Crippen molar-refractivity contribution >= 4 is 17.5 Å². The maximum Gasteiger partial charge on any atom is 0.340 e. The van der Waals surface area contributed by atoms with Crippen LogP contribution in [0.15, 0.2) is 12.3 Å². The van der Waals surface area contributed by atoms with Gasteiger partial charge in [0.25, 0.3) is 0 Å². The van der Waals surface area contributed by atoms with Gasteiger partial charge >= 0.3 is 5.97 Å². The van der Waals surface area contributed by atoms with Crippen molar-refractivity contribution in [2.24, 2.45) is 0 Å². The highest BCUT2D eigenvalue weighted by atomic mass is 16.5. The SMILES string of the molecule is COC(=O)c1cc(N)ncc1NC1CCCC1OC. The molecule has 1 fully saturated rings. The number of ether oxygens (including phenoxy) is 2. The number of hydrogen-bond donors (Lipinski definition) is 2. The summed E-state index contributed by atoms with van der Waals surface area (Å²) in [5.74, 6) is -0.135. The number of nitrogen functional groups attached to an aromatic ring is 1. The highest BCUT2D eigenvalue weighted by molar-refractivity contribution is 5.96. The molecule has 1 aromatic heterocycles. The highest BCUT2D eigenvalue weighted by Gasteiger charge is 2.28. The molecule has 1 aliphatic rings. The van der Waals surface area contributed by atoms with Crippen LogP contribution in [-0.2, 0) is 9.47 Å². The molecule has 3 N–H and O–H groups in total. The summed E-state index contributed by atoms with van der Waals surface area (Å²) in [7, 11) is 3.05. The number of pyridine rings is 1. The van der Waals surface area contributed by atoms with Crippen molar-refractivity contribution in [1.82, 2.24) is 4.98 Å². The lowest BCUT2D eigenvalue weighted by molar-refractivity contribution is 0.0601. The normalized spacial score (nSPS) is 22.2. The fourth-order valence-electron chi connectivity index (χ4n) is 2.44. The van der Waals surface area contributed by atoms with E-state index >= 15 is 0 Å². The molecule has 1 aromatic rings. The topological polar surface area (TPSA) is 86.5 Å². The fraction of sp³-hybridized carbons (Fsp3) is 0.538. The van der Waals surface area contributed by atoms with Gasteiger partial charge < -0.3 is 20.5 Å². The van der Waals surface area contributed by atoms with E-state index in [9.17, 15) is 4.79 Å². The van der Waals surface area contributed by atoms with Crippen molar-refractivity contribution in [3.8, 4) is 0 Å². The van der Waals surface area contributed by atoms with E-state index in [4.69, 9.17) is 15.2 Å². The van der Waals surface area contributed by atoms with Crippen molar-refractivity contribution in [2.45, 2.75) is 31.4 Å². The van der Waals surface area contributed by atoms with Crippen LogP contribution in [0, 0.1) is 0 Å². The number of hydrogen-bond acceptors (Lipinski definition) is 6. The van der Waals surface area contributed by atoms with Gasteiger partial charge in [-0.25, -0.2) is 9.78 Å². The molecular weight excluding hydrogens is 246 g/mol. The number of nitrogens with zero attached hydrogens (tertiary/aromatic N) is 1. The Morgan fingerprint density at radius 3 is 2.95 bits per heavy atom. The van der Waals surface area contributed by atoms with Crippen LogP contribution < -0.4 is 11.1 Å². The van der Waals surface area contributed by atoms with Crippen LogP contribution in [0.2, 0.25) is 0 Å². The van der Waals surface area contributed by atoms with Crippen molar-refractivity contribution in [2.75, 3.05) is 25.3 Å². The number of rotatable bonds is 4. The van der Waals surface area contributed by atoms with E-state index < -0.39 is 5.97 Å². The van der Waals surface area contributed by atoms with Crippen molar-refractivity contribution in [3.63, 3.8) is 0 Å². The van der Waals surface area contributed by atoms with Gasteiger partial charge in [0.1, 0.15) is 5.82 Å². The largest absolute Gasteiger partial charge is 0.465 e. The zero-order chi connectivity index (χ0) is 13.8. The van der Waals surface area contributed by atoms with Crippen LogP contribution >= 0.6 is 0 Å². The first-order valence-corrected chi connectivity index (χ1v) is 6.29. The molecule has 2 unspecified atom stereocenters. The summed E-state index contributed by atoms with van der Waals surface area (Å²) in [4.78, 5) is 15.8. The maximum absolute atomic E-state index is 11.7. The molecule has 0 bridgehead atoms. The molecule has 1 aliphatic carbocycles. The lowest BCUT2D eigenvalue weighted by Crippen LogP contribution is -2.30. The van der Waals surface area contributed by atoms with E-state index in [1.54, 1.807) is 13.3 Å². The van der Waals surface area contributed by atoms with Gasteiger partial charge in [-0.15, -0.1) is 0 Å². The summed E-state index contributed by atoms with van der Waals surface area (Å²) in [5, 5.41) is 3.31. The number of carbonyl (C=O) groups excluding carboxylic acids is 1. The second-order valence-electron chi connectivity index (χ2n) is 4.60. The van der Waals surface area contributed by atoms with Gasteiger partial charge in [0.2, 0.25) is 0 Å². The van der Waals surface area contributed by atoms with Crippen LogP contribution in [0.4, 0.5) is 11.5 Å². The molecule has 6 nitrogen and oxygen atoms in total. The molecule has 2 rings (SSSR count). The molecular formula is C13H19N3O3. The smallest absolute Gasteiger partial charge is 0.340 e. The molecule has 104 valence electrons. The average molecular weight is 265 g/mol. The number of nitrogens with two attached hydrogens (primary N) is 1. The first-order chi connectivity index (χ1) is 9.15. The summed E-state index contributed by atoms with van der Waals surface area (Å²) in [6.45, 7) is 0. The summed E-state index contributed by atoms with van der Waals surface area (Å²) in [6, 6.07) is 1.70. The first-order valence-electron chi connectivity index (χ1n) is 6.29. The monoisotopic (exact) mass is 265 g/mol. The summed E-state index contributed by atoms with van der Waals surface area (Å²) < 4.78 is 10.2. The molecule has 6 heteroatoms. The molecule has 0 radical (unpaired) electrons. The van der Waals surface area contributed by atoms with E-state index in [0.29, 0.717) is 17.1 Å². The van der Waals surface area contributed by atoms with E-state index in [1.165, 1.54) is 13.2 Å². The highest BCUT2D eigenvalue weighted by Crippen LogP contribution is 2.27. The standard InChI is InChI=1S/C13H19N3O3/c1-18-11-5-3-4-9(11)16-10-7-15-12(14)6-8(10)13(17)19-2/h6-7,9,11,16H,3-5H2,1-2H3,(H2,14,15). The van der Waals surface area contributed by atoms with Crippen molar-refractivity contribution in [3.05, 3.63) is 17.8 Å². The predicted molar refractivity (Wildman–Crippen MR) is 72.0 cm³/mol. The molecule has 0 aromatic carbocycles. The molecule has 0 spiro atoms. The molecule has 1 saturated carbocycles. The minimum atomic E-state index is -0.427. The van der Waals surface area contributed by atoms with Crippen molar-refractivity contribution in [1.29, 1.82) is 0 Å². The number of aromatic nitrogens is 1. The summed E-state index contributed by atoms with van der Waals surface area (Å²) >= 11 is 0. The zero-order valence-electron chi connectivity index (χ0n) is 11.2. The average Bonchev–Trinajstić information content (AvgIpc) is 2.87. The predicted octanol–water partition coefficient (Wildman–Crippen LogP) is 1.43. The first kappa shape index (κ1) is 13.6. The molecule has 0 amide bonds. The number of nitrogens with one attached hydrogen (secondary N) is 1. The minimum Gasteiger partial charge on any atom is -0.465 e. The third-order valence-electron chi connectivity index (χ3n) is 3.43. The Morgan fingerprint density at radius 2 is 2.26 bits per heavy atom. The van der Waals surface area contributed by atoms with Gasteiger partial charge in [-0.2, -0.15) is 0 Å². The Bertz CT molecular complexity index is 464. The Kier molecular flexibility index (Phi) is 4.21. The van der Waals surface area contributed by atoms with Gasteiger partial charge in [-0.05, 0) is 25.3 Å². The summed E-state index contributed by atoms with van der Waals surface area (Å²) in [6.07, 6.45) is 4.84.